The van der Waals surface area contributed by atoms with Crippen molar-refractivity contribution in [2.75, 3.05) is 21.3 Å². The van der Waals surface area contributed by atoms with Gasteiger partial charge in [0.2, 0.25) is 0 Å². The smallest absolute Gasteiger partial charge is 0.164 e. The Labute approximate surface area is 120 Å². The highest BCUT2D eigenvalue weighted by Crippen LogP contribution is 2.42. The Bertz CT molecular complexity index is 438. The number of hydrogen-bond donors (Lipinski definition) is 1. The minimum absolute atomic E-state index is 0.302. The highest BCUT2D eigenvalue weighted by Gasteiger charge is 2.27. The van der Waals surface area contributed by atoms with Crippen molar-refractivity contribution in [1.29, 1.82) is 0 Å². The predicted octanol–water partition coefficient (Wildman–Crippen LogP) is 3.33. The third-order valence-electron chi connectivity index (χ3n) is 4.15. The molecule has 0 saturated heterocycles. The van der Waals surface area contributed by atoms with E-state index in [1.54, 1.807) is 27.4 Å². The second-order valence-corrected chi connectivity index (χ2v) is 5.29. The molecule has 0 aromatic heterocycles. The van der Waals surface area contributed by atoms with Crippen LogP contribution in [0.2, 0.25) is 0 Å². The van der Waals surface area contributed by atoms with Gasteiger partial charge in [-0.2, -0.15) is 0 Å². The number of ether oxygens (including phenoxy) is 3. The Kier molecular flexibility index (Phi) is 5.12. The van der Waals surface area contributed by atoms with E-state index in [1.165, 1.54) is 19.3 Å². The fourth-order valence-electron chi connectivity index (χ4n) is 2.99. The first-order chi connectivity index (χ1) is 9.71. The molecular formula is C16H24O4. The third kappa shape index (κ3) is 3.01. The van der Waals surface area contributed by atoms with Gasteiger partial charge in [0.1, 0.15) is 5.75 Å². The zero-order chi connectivity index (χ0) is 14.5. The molecule has 1 atom stereocenters. The van der Waals surface area contributed by atoms with E-state index in [-0.39, 0.29) is 0 Å². The van der Waals surface area contributed by atoms with Gasteiger partial charge in [-0.15, -0.1) is 0 Å². The summed E-state index contributed by atoms with van der Waals surface area (Å²) in [6, 6.07) is 3.61. The lowest BCUT2D eigenvalue weighted by atomic mass is 9.82. The molecule has 112 valence electrons. The topological polar surface area (TPSA) is 47.9 Å². The summed E-state index contributed by atoms with van der Waals surface area (Å²) in [6.07, 6.45) is 5.28. The summed E-state index contributed by atoms with van der Waals surface area (Å²) in [5, 5.41) is 10.7. The van der Waals surface area contributed by atoms with Crippen molar-refractivity contribution in [2.45, 2.75) is 38.2 Å². The molecule has 0 aliphatic heterocycles. The average Bonchev–Trinajstić information content (AvgIpc) is 2.53. The van der Waals surface area contributed by atoms with Crippen LogP contribution in [0.15, 0.2) is 12.1 Å². The molecule has 0 heterocycles. The molecule has 1 unspecified atom stereocenters. The van der Waals surface area contributed by atoms with Crippen LogP contribution in [0.3, 0.4) is 0 Å². The average molecular weight is 280 g/mol. The minimum Gasteiger partial charge on any atom is -0.496 e. The molecule has 1 saturated carbocycles. The number of benzene rings is 1. The highest BCUT2D eigenvalue weighted by molar-refractivity contribution is 5.51. The summed E-state index contributed by atoms with van der Waals surface area (Å²) < 4.78 is 16.0. The van der Waals surface area contributed by atoms with Gasteiger partial charge in [-0.25, -0.2) is 0 Å². The van der Waals surface area contributed by atoms with E-state index in [1.807, 2.05) is 6.07 Å². The Morgan fingerprint density at radius 1 is 0.900 bits per heavy atom. The van der Waals surface area contributed by atoms with Crippen LogP contribution in [0.25, 0.3) is 0 Å². The second kappa shape index (κ2) is 6.84. The Balaban J connectivity index is 2.32. The number of methoxy groups -OCH3 is 3. The summed E-state index contributed by atoms with van der Waals surface area (Å²) in [4.78, 5) is 0. The molecule has 2 rings (SSSR count). The van der Waals surface area contributed by atoms with Crippen LogP contribution in [-0.2, 0) is 0 Å². The van der Waals surface area contributed by atoms with Crippen molar-refractivity contribution in [3.05, 3.63) is 17.7 Å². The molecule has 20 heavy (non-hydrogen) atoms. The van der Waals surface area contributed by atoms with E-state index >= 15 is 0 Å². The first-order valence-corrected chi connectivity index (χ1v) is 7.19. The van der Waals surface area contributed by atoms with Crippen molar-refractivity contribution in [1.82, 2.24) is 0 Å². The molecule has 0 bridgehead atoms. The largest absolute Gasteiger partial charge is 0.496 e. The lowest BCUT2D eigenvalue weighted by molar-refractivity contribution is 0.0821. The molecule has 1 aromatic carbocycles. The van der Waals surface area contributed by atoms with Crippen LogP contribution >= 0.6 is 0 Å². The van der Waals surface area contributed by atoms with Crippen molar-refractivity contribution in [3.63, 3.8) is 0 Å². The van der Waals surface area contributed by atoms with Gasteiger partial charge in [0.25, 0.3) is 0 Å². The molecule has 4 heteroatoms. The lowest BCUT2D eigenvalue weighted by Crippen LogP contribution is -2.16. The zero-order valence-corrected chi connectivity index (χ0v) is 12.5. The Hall–Kier alpha value is -1.42. The van der Waals surface area contributed by atoms with Crippen molar-refractivity contribution in [3.8, 4) is 17.2 Å². The van der Waals surface area contributed by atoms with E-state index in [0.717, 1.165) is 18.4 Å². The lowest BCUT2D eigenvalue weighted by Gasteiger charge is -2.28. The first-order valence-electron chi connectivity index (χ1n) is 7.19. The third-order valence-corrected chi connectivity index (χ3v) is 4.15. The van der Waals surface area contributed by atoms with Crippen molar-refractivity contribution in [2.24, 2.45) is 5.92 Å². The summed E-state index contributed by atoms with van der Waals surface area (Å²) in [5.41, 5.74) is 0.789. The maximum Gasteiger partial charge on any atom is 0.164 e. The van der Waals surface area contributed by atoms with Gasteiger partial charge in [-0.05, 0) is 24.8 Å². The van der Waals surface area contributed by atoms with Crippen molar-refractivity contribution >= 4 is 0 Å². The first kappa shape index (κ1) is 15.0. The van der Waals surface area contributed by atoms with Crippen LogP contribution in [0, 0.1) is 5.92 Å². The van der Waals surface area contributed by atoms with Crippen LogP contribution in [-0.4, -0.2) is 26.4 Å². The molecule has 1 fully saturated rings. The normalized spacial score (nSPS) is 17.6. The molecule has 1 aliphatic rings. The molecule has 0 spiro atoms. The van der Waals surface area contributed by atoms with Crippen LogP contribution in [0.1, 0.15) is 43.8 Å². The van der Waals surface area contributed by atoms with Crippen LogP contribution in [0.4, 0.5) is 0 Å². The molecular weight excluding hydrogens is 256 g/mol. The Morgan fingerprint density at radius 3 is 2.00 bits per heavy atom. The number of rotatable bonds is 5. The van der Waals surface area contributed by atoms with Gasteiger partial charge in [-0.3, -0.25) is 0 Å². The quantitative estimate of drug-likeness (QED) is 0.898. The summed E-state index contributed by atoms with van der Waals surface area (Å²) in [7, 11) is 4.80. The zero-order valence-electron chi connectivity index (χ0n) is 12.5. The number of hydrogen-bond acceptors (Lipinski definition) is 4. The highest BCUT2D eigenvalue weighted by atomic mass is 16.5. The molecule has 0 amide bonds. The van der Waals surface area contributed by atoms with E-state index in [2.05, 4.69) is 0 Å². The van der Waals surface area contributed by atoms with Gasteiger partial charge >= 0.3 is 0 Å². The maximum absolute atomic E-state index is 10.7. The van der Waals surface area contributed by atoms with Gasteiger partial charge in [-0.1, -0.05) is 19.3 Å². The number of aliphatic hydroxyl groups excluding tert-OH is 1. The van der Waals surface area contributed by atoms with Gasteiger partial charge in [0.05, 0.1) is 27.4 Å². The van der Waals surface area contributed by atoms with E-state index in [9.17, 15) is 5.11 Å². The minimum atomic E-state index is -0.509. The standard InChI is InChI=1S/C16H24O4/c1-18-13-10-15(20-3)14(19-2)9-12(13)16(17)11-7-5-4-6-8-11/h9-11,16-17H,4-8H2,1-3H3. The van der Waals surface area contributed by atoms with Crippen molar-refractivity contribution < 1.29 is 19.3 Å². The van der Waals surface area contributed by atoms with E-state index in [0.29, 0.717) is 23.2 Å². The summed E-state index contributed by atoms with van der Waals surface area (Å²) in [6.45, 7) is 0. The Morgan fingerprint density at radius 2 is 1.45 bits per heavy atom. The van der Waals surface area contributed by atoms with Gasteiger partial charge in [0.15, 0.2) is 11.5 Å². The molecule has 1 N–H and O–H groups in total. The van der Waals surface area contributed by atoms with Gasteiger partial charge in [0, 0.05) is 11.6 Å². The fourth-order valence-corrected chi connectivity index (χ4v) is 2.99. The maximum atomic E-state index is 10.7. The summed E-state index contributed by atoms with van der Waals surface area (Å²) >= 11 is 0. The monoisotopic (exact) mass is 280 g/mol. The SMILES string of the molecule is COc1cc(OC)c(C(O)C2CCCCC2)cc1OC. The number of aliphatic hydroxyl groups is 1. The van der Waals surface area contributed by atoms with E-state index in [4.69, 9.17) is 14.2 Å². The van der Waals surface area contributed by atoms with Crippen LogP contribution in [0.5, 0.6) is 17.2 Å². The molecule has 4 nitrogen and oxygen atoms in total. The summed E-state index contributed by atoms with van der Waals surface area (Å²) in [5.74, 6) is 2.19. The second-order valence-electron chi connectivity index (χ2n) is 5.29. The predicted molar refractivity (Wildman–Crippen MR) is 77.6 cm³/mol. The molecule has 1 aromatic rings. The molecule has 0 radical (unpaired) electrons. The molecule has 1 aliphatic carbocycles. The van der Waals surface area contributed by atoms with Gasteiger partial charge < -0.3 is 19.3 Å². The fraction of sp³-hybridized carbons (Fsp3) is 0.625. The van der Waals surface area contributed by atoms with Crippen LogP contribution < -0.4 is 14.2 Å². The van der Waals surface area contributed by atoms with E-state index < -0.39 is 6.10 Å².